The molecule has 0 amide bonds. The van der Waals surface area contributed by atoms with E-state index in [1.807, 2.05) is 6.07 Å². The van der Waals surface area contributed by atoms with Crippen molar-refractivity contribution in [1.29, 1.82) is 0 Å². The van der Waals surface area contributed by atoms with Gasteiger partial charge in [0, 0.05) is 5.92 Å². The summed E-state index contributed by atoms with van der Waals surface area (Å²) in [4.78, 5) is 11.8. The molecule has 2 nitrogen and oxygen atoms in total. The maximum Gasteiger partial charge on any atom is 0.310 e. The van der Waals surface area contributed by atoms with Crippen LogP contribution in [0.1, 0.15) is 36.8 Å². The first-order valence-electron chi connectivity index (χ1n) is 6.04. The lowest BCUT2D eigenvalue weighted by molar-refractivity contribution is -0.150. The highest BCUT2D eigenvalue weighted by molar-refractivity contribution is 5.78. The van der Waals surface area contributed by atoms with Crippen molar-refractivity contribution < 1.29 is 9.53 Å². The van der Waals surface area contributed by atoms with E-state index >= 15 is 0 Å². The van der Waals surface area contributed by atoms with Gasteiger partial charge in [0.15, 0.2) is 0 Å². The standard InChI is InChI=1S/C14H14O2/c1-14-11-5-3-2-4-8(11)9-6-7-10(12(9)14)13(15)16-14/h2-5,9-10,12H,6-7H2,1H3/t9-,10-,12+,14+/m0/s1. The third-order valence-corrected chi connectivity index (χ3v) is 4.80. The van der Waals surface area contributed by atoms with Gasteiger partial charge in [0.1, 0.15) is 5.60 Å². The van der Waals surface area contributed by atoms with Gasteiger partial charge >= 0.3 is 5.97 Å². The Kier molecular flexibility index (Phi) is 1.38. The second-order valence-electron chi connectivity index (χ2n) is 5.43. The molecule has 0 aromatic heterocycles. The van der Waals surface area contributed by atoms with Crippen LogP contribution in [0.4, 0.5) is 0 Å². The molecule has 1 heterocycles. The van der Waals surface area contributed by atoms with E-state index in [0.29, 0.717) is 11.8 Å². The van der Waals surface area contributed by atoms with E-state index in [9.17, 15) is 4.79 Å². The van der Waals surface area contributed by atoms with Gasteiger partial charge in [-0.1, -0.05) is 24.3 Å². The van der Waals surface area contributed by atoms with Crippen molar-refractivity contribution in [2.24, 2.45) is 11.8 Å². The summed E-state index contributed by atoms with van der Waals surface area (Å²) in [6, 6.07) is 8.48. The van der Waals surface area contributed by atoms with Gasteiger partial charge in [-0.3, -0.25) is 4.79 Å². The van der Waals surface area contributed by atoms with Gasteiger partial charge in [-0.25, -0.2) is 0 Å². The fraction of sp³-hybridized carbons (Fsp3) is 0.500. The zero-order valence-corrected chi connectivity index (χ0v) is 9.27. The number of esters is 1. The summed E-state index contributed by atoms with van der Waals surface area (Å²) < 4.78 is 5.69. The van der Waals surface area contributed by atoms with E-state index < -0.39 is 0 Å². The lowest BCUT2D eigenvalue weighted by Gasteiger charge is -2.24. The Morgan fingerprint density at radius 2 is 2.00 bits per heavy atom. The van der Waals surface area contributed by atoms with Crippen LogP contribution in [-0.4, -0.2) is 5.97 Å². The van der Waals surface area contributed by atoms with E-state index in [-0.39, 0.29) is 17.5 Å². The molecule has 0 unspecified atom stereocenters. The minimum absolute atomic E-state index is 0.0319. The van der Waals surface area contributed by atoms with Crippen LogP contribution in [0.2, 0.25) is 0 Å². The molecule has 2 aliphatic carbocycles. The molecule has 0 bridgehead atoms. The monoisotopic (exact) mass is 214 g/mol. The van der Waals surface area contributed by atoms with Gasteiger partial charge in [0.25, 0.3) is 0 Å². The van der Waals surface area contributed by atoms with Crippen LogP contribution in [0.3, 0.4) is 0 Å². The molecule has 2 fully saturated rings. The van der Waals surface area contributed by atoms with Crippen molar-refractivity contribution in [2.75, 3.05) is 0 Å². The number of fused-ring (bicyclic) bond motifs is 3. The van der Waals surface area contributed by atoms with Crippen LogP contribution in [-0.2, 0) is 15.1 Å². The first-order valence-corrected chi connectivity index (χ1v) is 6.04. The molecule has 0 spiro atoms. The molecule has 82 valence electrons. The third-order valence-electron chi connectivity index (χ3n) is 4.80. The summed E-state index contributed by atoms with van der Waals surface area (Å²) in [5, 5.41) is 0. The number of carbonyl (C=O) groups is 1. The molecule has 0 N–H and O–H groups in total. The molecule has 1 saturated carbocycles. The summed E-state index contributed by atoms with van der Waals surface area (Å²) in [6.45, 7) is 2.10. The molecule has 4 atom stereocenters. The van der Waals surface area contributed by atoms with E-state index in [1.54, 1.807) is 0 Å². The van der Waals surface area contributed by atoms with Crippen molar-refractivity contribution in [2.45, 2.75) is 31.3 Å². The summed E-state index contributed by atoms with van der Waals surface area (Å²) in [5.74, 6) is 1.14. The zero-order valence-electron chi connectivity index (χ0n) is 9.27. The van der Waals surface area contributed by atoms with E-state index in [1.165, 1.54) is 11.1 Å². The fourth-order valence-corrected chi connectivity index (χ4v) is 4.24. The van der Waals surface area contributed by atoms with Crippen LogP contribution in [0.15, 0.2) is 24.3 Å². The molecule has 3 aliphatic rings. The van der Waals surface area contributed by atoms with Gasteiger partial charge in [-0.05, 0) is 36.8 Å². The number of hydrogen-bond donors (Lipinski definition) is 0. The molecular weight excluding hydrogens is 200 g/mol. The van der Waals surface area contributed by atoms with Crippen molar-refractivity contribution in [3.05, 3.63) is 35.4 Å². The second kappa shape index (κ2) is 2.50. The normalized spacial score (nSPS) is 43.1. The Morgan fingerprint density at radius 3 is 2.88 bits per heavy atom. The topological polar surface area (TPSA) is 26.3 Å². The van der Waals surface area contributed by atoms with Crippen LogP contribution in [0, 0.1) is 11.8 Å². The number of carbonyl (C=O) groups excluding carboxylic acids is 1. The Labute approximate surface area is 94.6 Å². The van der Waals surface area contributed by atoms with Gasteiger partial charge in [-0.2, -0.15) is 0 Å². The Morgan fingerprint density at radius 1 is 1.25 bits per heavy atom. The van der Waals surface area contributed by atoms with Gasteiger partial charge in [0.2, 0.25) is 0 Å². The van der Waals surface area contributed by atoms with Crippen LogP contribution in [0.5, 0.6) is 0 Å². The second-order valence-corrected chi connectivity index (χ2v) is 5.43. The molecule has 1 aromatic rings. The number of rotatable bonds is 0. The van der Waals surface area contributed by atoms with Crippen molar-refractivity contribution in [3.8, 4) is 0 Å². The molecule has 4 rings (SSSR count). The predicted octanol–water partition coefficient (Wildman–Crippen LogP) is 2.58. The summed E-state index contributed by atoms with van der Waals surface area (Å²) in [6.07, 6.45) is 2.16. The zero-order chi connectivity index (χ0) is 10.9. The lowest BCUT2D eigenvalue weighted by Crippen LogP contribution is -2.25. The van der Waals surface area contributed by atoms with Gasteiger partial charge in [-0.15, -0.1) is 0 Å². The van der Waals surface area contributed by atoms with Gasteiger partial charge in [0.05, 0.1) is 5.92 Å². The average Bonchev–Trinajstić information content (AvgIpc) is 2.87. The SMILES string of the molecule is C[C@@]12OC(=O)[C@H]3CC[C@@H](c4ccccc41)[C@H]32. The Hall–Kier alpha value is -1.31. The smallest absolute Gasteiger partial charge is 0.310 e. The van der Waals surface area contributed by atoms with Crippen LogP contribution >= 0.6 is 0 Å². The predicted molar refractivity (Wildman–Crippen MR) is 58.8 cm³/mol. The number of ether oxygens (including phenoxy) is 1. The molecule has 1 saturated heterocycles. The van der Waals surface area contributed by atoms with Crippen molar-refractivity contribution in [3.63, 3.8) is 0 Å². The highest BCUT2D eigenvalue weighted by Gasteiger charge is 2.64. The fourth-order valence-electron chi connectivity index (χ4n) is 4.24. The Bertz CT molecular complexity index is 493. The first kappa shape index (κ1) is 8.80. The van der Waals surface area contributed by atoms with E-state index in [0.717, 1.165) is 12.8 Å². The molecule has 2 heteroatoms. The Balaban J connectivity index is 2.00. The highest BCUT2D eigenvalue weighted by Crippen LogP contribution is 2.64. The lowest BCUT2D eigenvalue weighted by atomic mass is 9.83. The van der Waals surface area contributed by atoms with Gasteiger partial charge < -0.3 is 4.74 Å². The molecular formula is C14H14O2. The van der Waals surface area contributed by atoms with E-state index in [2.05, 4.69) is 25.1 Å². The first-order chi connectivity index (χ1) is 7.72. The summed E-state index contributed by atoms with van der Waals surface area (Å²) >= 11 is 0. The summed E-state index contributed by atoms with van der Waals surface area (Å²) in [5.41, 5.74) is 2.34. The van der Waals surface area contributed by atoms with Crippen LogP contribution in [0.25, 0.3) is 0 Å². The quantitative estimate of drug-likeness (QED) is 0.620. The minimum Gasteiger partial charge on any atom is -0.454 e. The maximum atomic E-state index is 11.8. The van der Waals surface area contributed by atoms with Crippen LogP contribution < -0.4 is 0 Å². The highest BCUT2D eigenvalue weighted by atomic mass is 16.6. The number of hydrogen-bond acceptors (Lipinski definition) is 2. The molecule has 0 radical (unpaired) electrons. The average molecular weight is 214 g/mol. The number of benzene rings is 1. The molecule has 1 aliphatic heterocycles. The van der Waals surface area contributed by atoms with E-state index in [4.69, 9.17) is 4.74 Å². The van der Waals surface area contributed by atoms with Crippen molar-refractivity contribution >= 4 is 5.97 Å². The maximum absolute atomic E-state index is 11.8. The summed E-state index contributed by atoms with van der Waals surface area (Å²) in [7, 11) is 0. The third kappa shape index (κ3) is 0.762. The minimum atomic E-state index is -0.334. The molecule has 1 aromatic carbocycles. The largest absolute Gasteiger partial charge is 0.454 e. The van der Waals surface area contributed by atoms with Crippen molar-refractivity contribution in [1.82, 2.24) is 0 Å². The molecule has 16 heavy (non-hydrogen) atoms.